The largest absolute Gasteiger partial charge is 0.332 e. The maximum atomic E-state index is 12.6. The molecule has 3 aromatic rings. The van der Waals surface area contributed by atoms with Crippen molar-refractivity contribution in [2.24, 2.45) is 0 Å². The molecule has 0 aliphatic heterocycles. The van der Waals surface area contributed by atoms with Crippen LogP contribution in [0.25, 0.3) is 0 Å². The molecule has 0 fully saturated rings. The van der Waals surface area contributed by atoms with Crippen LogP contribution >= 0.6 is 28.1 Å². The van der Waals surface area contributed by atoms with Gasteiger partial charge >= 0.3 is 0 Å². The molecular formula is C22H18BrN3O2S. The summed E-state index contributed by atoms with van der Waals surface area (Å²) in [7, 11) is 1.73. The van der Waals surface area contributed by atoms with Gasteiger partial charge in [-0.3, -0.25) is 14.9 Å². The van der Waals surface area contributed by atoms with Gasteiger partial charge in [-0.1, -0.05) is 30.3 Å². The highest BCUT2D eigenvalue weighted by Crippen LogP contribution is 2.17. The van der Waals surface area contributed by atoms with Crippen molar-refractivity contribution in [3.63, 3.8) is 0 Å². The lowest BCUT2D eigenvalue weighted by molar-refractivity contribution is 0.0973. The molecule has 3 rings (SSSR count). The van der Waals surface area contributed by atoms with Crippen molar-refractivity contribution in [2.45, 2.75) is 0 Å². The second-order valence-electron chi connectivity index (χ2n) is 6.17. The summed E-state index contributed by atoms with van der Waals surface area (Å²) in [6, 6.07) is 23.4. The Morgan fingerprint density at radius 3 is 2.17 bits per heavy atom. The van der Waals surface area contributed by atoms with Crippen molar-refractivity contribution in [1.82, 2.24) is 5.32 Å². The Balaban J connectivity index is 1.61. The number of halogens is 1. The molecular weight excluding hydrogens is 450 g/mol. The molecule has 7 heteroatoms. The predicted molar refractivity (Wildman–Crippen MR) is 123 cm³/mol. The number of anilines is 2. The van der Waals surface area contributed by atoms with E-state index >= 15 is 0 Å². The molecule has 0 unspecified atom stereocenters. The molecule has 0 bridgehead atoms. The van der Waals surface area contributed by atoms with Gasteiger partial charge in [0.2, 0.25) is 0 Å². The standard InChI is InChI=1S/C22H18BrN3O2S/c1-26(17-7-3-2-4-8-17)21(28)15-11-13-16(14-12-15)24-22(29)25-20(27)18-9-5-6-10-19(18)23/h2-14H,1H3,(H2,24,25,27,29). The van der Waals surface area contributed by atoms with Crippen LogP contribution in [0.1, 0.15) is 20.7 Å². The van der Waals surface area contributed by atoms with Crippen molar-refractivity contribution in [1.29, 1.82) is 0 Å². The number of hydrogen-bond acceptors (Lipinski definition) is 3. The highest BCUT2D eigenvalue weighted by atomic mass is 79.9. The molecule has 2 amide bonds. The highest BCUT2D eigenvalue weighted by Gasteiger charge is 2.14. The second kappa shape index (κ2) is 9.45. The Morgan fingerprint density at radius 2 is 1.52 bits per heavy atom. The summed E-state index contributed by atoms with van der Waals surface area (Å²) in [4.78, 5) is 26.5. The molecule has 0 aliphatic carbocycles. The van der Waals surface area contributed by atoms with E-state index < -0.39 is 0 Å². The van der Waals surface area contributed by atoms with Gasteiger partial charge in [0.15, 0.2) is 5.11 Å². The molecule has 5 nitrogen and oxygen atoms in total. The van der Waals surface area contributed by atoms with Gasteiger partial charge in [0.1, 0.15) is 0 Å². The third-order valence-corrected chi connectivity index (χ3v) is 5.08. The molecule has 0 saturated carbocycles. The van der Waals surface area contributed by atoms with Gasteiger partial charge in [0.25, 0.3) is 11.8 Å². The van der Waals surface area contributed by atoms with E-state index in [9.17, 15) is 9.59 Å². The number of carbonyl (C=O) groups excluding carboxylic acids is 2. The molecule has 0 aromatic heterocycles. The lowest BCUT2D eigenvalue weighted by atomic mass is 10.1. The molecule has 0 atom stereocenters. The van der Waals surface area contributed by atoms with Crippen LogP contribution in [0.3, 0.4) is 0 Å². The van der Waals surface area contributed by atoms with Gasteiger partial charge in [-0.15, -0.1) is 0 Å². The summed E-state index contributed by atoms with van der Waals surface area (Å²) >= 11 is 8.56. The summed E-state index contributed by atoms with van der Waals surface area (Å²) in [6.07, 6.45) is 0. The summed E-state index contributed by atoms with van der Waals surface area (Å²) < 4.78 is 0.686. The van der Waals surface area contributed by atoms with Crippen molar-refractivity contribution >= 4 is 56.4 Å². The number of para-hydroxylation sites is 1. The number of hydrogen-bond donors (Lipinski definition) is 2. The summed E-state index contributed by atoms with van der Waals surface area (Å²) in [6.45, 7) is 0. The number of rotatable bonds is 4. The highest BCUT2D eigenvalue weighted by molar-refractivity contribution is 9.10. The molecule has 0 aliphatic rings. The summed E-state index contributed by atoms with van der Waals surface area (Å²) in [5.41, 5.74) is 2.52. The fraction of sp³-hybridized carbons (Fsp3) is 0.0455. The van der Waals surface area contributed by atoms with Crippen LogP contribution in [0.5, 0.6) is 0 Å². The molecule has 0 heterocycles. The number of carbonyl (C=O) groups is 2. The van der Waals surface area contributed by atoms with Crippen molar-refractivity contribution in [3.8, 4) is 0 Å². The van der Waals surface area contributed by atoms with E-state index in [1.165, 1.54) is 0 Å². The quantitative estimate of drug-likeness (QED) is 0.538. The molecule has 146 valence electrons. The van der Waals surface area contributed by atoms with Crippen LogP contribution in [-0.4, -0.2) is 24.0 Å². The third kappa shape index (κ3) is 5.28. The zero-order valence-corrected chi connectivity index (χ0v) is 18.0. The SMILES string of the molecule is CN(C(=O)c1ccc(NC(=S)NC(=O)c2ccccc2Br)cc1)c1ccccc1. The first-order valence-corrected chi connectivity index (χ1v) is 9.96. The second-order valence-corrected chi connectivity index (χ2v) is 7.43. The first kappa shape index (κ1) is 20.7. The number of thiocarbonyl (C=S) groups is 1. The molecule has 2 N–H and O–H groups in total. The normalized spacial score (nSPS) is 10.1. The predicted octanol–water partition coefficient (Wildman–Crippen LogP) is 4.85. The Kier molecular flexibility index (Phi) is 6.74. The fourth-order valence-electron chi connectivity index (χ4n) is 2.64. The maximum Gasteiger partial charge on any atom is 0.258 e. The number of benzene rings is 3. The van der Waals surface area contributed by atoms with E-state index in [1.807, 2.05) is 36.4 Å². The average molecular weight is 468 g/mol. The molecule has 3 aromatic carbocycles. The molecule has 0 radical (unpaired) electrons. The van der Waals surface area contributed by atoms with Gasteiger partial charge < -0.3 is 10.2 Å². The Labute approximate surface area is 182 Å². The molecule has 0 spiro atoms. The number of amides is 2. The molecule has 29 heavy (non-hydrogen) atoms. The third-order valence-electron chi connectivity index (χ3n) is 4.18. The lowest BCUT2D eigenvalue weighted by Gasteiger charge is -2.17. The lowest BCUT2D eigenvalue weighted by Crippen LogP contribution is -2.34. The zero-order valence-electron chi connectivity index (χ0n) is 15.6. The van der Waals surface area contributed by atoms with Gasteiger partial charge in [0.05, 0.1) is 5.56 Å². The van der Waals surface area contributed by atoms with Gasteiger partial charge in [-0.2, -0.15) is 0 Å². The molecule has 0 saturated heterocycles. The van der Waals surface area contributed by atoms with E-state index in [0.29, 0.717) is 21.3 Å². The Morgan fingerprint density at radius 1 is 0.897 bits per heavy atom. The van der Waals surface area contributed by atoms with Crippen LogP contribution < -0.4 is 15.5 Å². The number of nitrogens with zero attached hydrogens (tertiary/aromatic N) is 1. The van der Waals surface area contributed by atoms with Crippen molar-refractivity contribution < 1.29 is 9.59 Å². The topological polar surface area (TPSA) is 61.4 Å². The minimum absolute atomic E-state index is 0.118. The van der Waals surface area contributed by atoms with Crippen LogP contribution in [0.4, 0.5) is 11.4 Å². The maximum absolute atomic E-state index is 12.6. The van der Waals surface area contributed by atoms with Gasteiger partial charge in [-0.25, -0.2) is 0 Å². The van der Waals surface area contributed by atoms with E-state index in [0.717, 1.165) is 5.69 Å². The van der Waals surface area contributed by atoms with E-state index in [4.69, 9.17) is 12.2 Å². The zero-order chi connectivity index (χ0) is 20.8. The van der Waals surface area contributed by atoms with Crippen LogP contribution in [0.15, 0.2) is 83.3 Å². The minimum Gasteiger partial charge on any atom is -0.332 e. The van der Waals surface area contributed by atoms with E-state index in [1.54, 1.807) is 54.4 Å². The van der Waals surface area contributed by atoms with Crippen molar-refractivity contribution in [2.75, 3.05) is 17.3 Å². The Bertz CT molecular complexity index is 1040. The van der Waals surface area contributed by atoms with Gasteiger partial charge in [0, 0.05) is 28.5 Å². The van der Waals surface area contributed by atoms with E-state index in [-0.39, 0.29) is 16.9 Å². The van der Waals surface area contributed by atoms with E-state index in [2.05, 4.69) is 26.6 Å². The minimum atomic E-state index is -0.314. The van der Waals surface area contributed by atoms with Crippen LogP contribution in [-0.2, 0) is 0 Å². The first-order chi connectivity index (χ1) is 14.0. The number of nitrogens with one attached hydrogen (secondary N) is 2. The van der Waals surface area contributed by atoms with Crippen molar-refractivity contribution in [3.05, 3.63) is 94.5 Å². The van der Waals surface area contributed by atoms with Crippen LogP contribution in [0, 0.1) is 0 Å². The summed E-state index contributed by atoms with van der Waals surface area (Å²) in [5, 5.41) is 5.76. The van der Waals surface area contributed by atoms with Gasteiger partial charge in [-0.05, 0) is 76.7 Å². The first-order valence-electron chi connectivity index (χ1n) is 8.76. The average Bonchev–Trinajstić information content (AvgIpc) is 2.74. The fourth-order valence-corrected chi connectivity index (χ4v) is 3.31. The summed E-state index contributed by atoms with van der Waals surface area (Å²) in [5.74, 6) is -0.432. The van der Waals surface area contributed by atoms with Crippen LogP contribution in [0.2, 0.25) is 0 Å². The monoisotopic (exact) mass is 467 g/mol. The smallest absolute Gasteiger partial charge is 0.258 e. The Hall–Kier alpha value is -3.03.